The summed E-state index contributed by atoms with van der Waals surface area (Å²) in [4.78, 5) is 48.2. The molecule has 1 amide bonds. The fourth-order valence-corrected chi connectivity index (χ4v) is 3.34. The van der Waals surface area contributed by atoms with Crippen LogP contribution in [0.4, 0.5) is 0 Å². The highest BCUT2D eigenvalue weighted by Crippen LogP contribution is 2.17. The van der Waals surface area contributed by atoms with Crippen molar-refractivity contribution in [3.63, 3.8) is 0 Å². The fraction of sp³-hybridized carbons (Fsp3) is 0.565. The molecule has 1 heterocycles. The molecular formula is C23H31N3O6. The summed E-state index contributed by atoms with van der Waals surface area (Å²) in [5.41, 5.74) is 0.374. The van der Waals surface area contributed by atoms with Gasteiger partial charge in [0.15, 0.2) is 11.5 Å². The molecule has 9 nitrogen and oxygen atoms in total. The number of hydrogen-bond acceptors (Lipinski definition) is 8. The maximum Gasteiger partial charge on any atom is 0.355 e. The lowest BCUT2D eigenvalue weighted by molar-refractivity contribution is -0.213. The van der Waals surface area contributed by atoms with Crippen LogP contribution in [0.25, 0.3) is 0 Å². The minimum Gasteiger partial charge on any atom is -0.368 e. The molecule has 1 aromatic carbocycles. The number of Topliss-reactive ketones (excluding diaryl/α,β-unsaturated/α-hetero) is 1. The first-order valence-electron chi connectivity index (χ1n) is 11.0. The molecular weight excluding hydrogens is 414 g/mol. The van der Waals surface area contributed by atoms with Gasteiger partial charge in [0.05, 0.1) is 24.6 Å². The number of nitrogens with one attached hydrogen (secondary N) is 1. The molecule has 9 heteroatoms. The first kappa shape index (κ1) is 25.3. The van der Waals surface area contributed by atoms with Crippen LogP contribution in [-0.2, 0) is 19.2 Å². The monoisotopic (exact) mass is 445 g/mol. The van der Waals surface area contributed by atoms with Crippen molar-refractivity contribution in [2.45, 2.75) is 58.1 Å². The number of nitriles is 1. The molecule has 1 N–H and O–H groups in total. The van der Waals surface area contributed by atoms with Crippen molar-refractivity contribution in [1.29, 1.82) is 5.26 Å². The van der Waals surface area contributed by atoms with Gasteiger partial charge < -0.3 is 15.0 Å². The van der Waals surface area contributed by atoms with E-state index in [2.05, 4.69) is 10.2 Å². The van der Waals surface area contributed by atoms with Crippen molar-refractivity contribution < 1.29 is 28.9 Å². The van der Waals surface area contributed by atoms with E-state index >= 15 is 0 Å². The van der Waals surface area contributed by atoms with Crippen LogP contribution in [0.3, 0.4) is 0 Å². The molecule has 1 aliphatic heterocycles. The molecule has 0 radical (unpaired) electrons. The number of ketones is 1. The maximum absolute atomic E-state index is 13.0. The van der Waals surface area contributed by atoms with Gasteiger partial charge >= 0.3 is 5.97 Å². The van der Waals surface area contributed by atoms with Gasteiger partial charge in [0.2, 0.25) is 5.91 Å². The summed E-state index contributed by atoms with van der Waals surface area (Å²) in [6.45, 7) is 5.22. The Morgan fingerprint density at radius 1 is 1.22 bits per heavy atom. The number of piperidine rings is 1. The lowest BCUT2D eigenvalue weighted by atomic mass is 10.0. The van der Waals surface area contributed by atoms with Gasteiger partial charge in [-0.15, -0.1) is 0 Å². The summed E-state index contributed by atoms with van der Waals surface area (Å²) in [5.74, 6) is -0.777. The third-order valence-corrected chi connectivity index (χ3v) is 5.18. The lowest BCUT2D eigenvalue weighted by Gasteiger charge is -2.29. The van der Waals surface area contributed by atoms with Crippen LogP contribution < -0.4 is 10.2 Å². The first-order chi connectivity index (χ1) is 15.5. The van der Waals surface area contributed by atoms with Gasteiger partial charge in [-0.1, -0.05) is 6.92 Å². The second kappa shape index (κ2) is 13.5. The van der Waals surface area contributed by atoms with Gasteiger partial charge in [-0.25, -0.2) is 4.79 Å². The maximum atomic E-state index is 13.0. The second-order valence-corrected chi connectivity index (χ2v) is 7.61. The van der Waals surface area contributed by atoms with Gasteiger partial charge in [-0.3, -0.25) is 19.4 Å². The van der Waals surface area contributed by atoms with Crippen molar-refractivity contribution in [2.75, 3.05) is 26.2 Å². The minimum absolute atomic E-state index is 0.0167. The van der Waals surface area contributed by atoms with E-state index in [1.165, 1.54) is 17.0 Å². The number of ether oxygens (including phenoxy) is 1. The Hall–Kier alpha value is -2.96. The number of carbonyl (C=O) groups excluding carboxylic acids is 3. The summed E-state index contributed by atoms with van der Waals surface area (Å²) >= 11 is 0. The Morgan fingerprint density at radius 3 is 2.53 bits per heavy atom. The van der Waals surface area contributed by atoms with Crippen molar-refractivity contribution in [2.24, 2.45) is 0 Å². The molecule has 0 aromatic heterocycles. The van der Waals surface area contributed by atoms with Crippen LogP contribution in [0.2, 0.25) is 0 Å². The van der Waals surface area contributed by atoms with E-state index < -0.39 is 12.0 Å². The van der Waals surface area contributed by atoms with E-state index in [0.29, 0.717) is 12.0 Å². The Kier molecular flexibility index (Phi) is 10.6. The zero-order chi connectivity index (χ0) is 23.3. The van der Waals surface area contributed by atoms with E-state index in [4.69, 9.17) is 14.9 Å². The molecule has 1 atom stereocenters. The molecule has 0 spiro atoms. The van der Waals surface area contributed by atoms with Crippen LogP contribution >= 0.6 is 0 Å². The highest BCUT2D eigenvalue weighted by molar-refractivity contribution is 6.01. The summed E-state index contributed by atoms with van der Waals surface area (Å²) in [7, 11) is 0. The third kappa shape index (κ3) is 7.94. The summed E-state index contributed by atoms with van der Waals surface area (Å²) in [6.07, 6.45) is 2.71. The molecule has 2 rings (SSSR count). The average Bonchev–Trinajstić information content (AvgIpc) is 2.82. The molecule has 1 aromatic rings. The lowest BCUT2D eigenvalue weighted by Crippen LogP contribution is -2.46. The molecule has 1 saturated heterocycles. The smallest absolute Gasteiger partial charge is 0.355 e. The number of hydrogen-bond donors (Lipinski definition) is 1. The molecule has 0 aliphatic carbocycles. The predicted molar refractivity (Wildman–Crippen MR) is 116 cm³/mol. The Morgan fingerprint density at radius 2 is 1.91 bits per heavy atom. The van der Waals surface area contributed by atoms with Crippen molar-refractivity contribution >= 4 is 17.7 Å². The second-order valence-electron chi connectivity index (χ2n) is 7.61. The third-order valence-electron chi connectivity index (χ3n) is 5.18. The molecule has 1 aliphatic rings. The van der Waals surface area contributed by atoms with Gasteiger partial charge in [0.1, 0.15) is 6.61 Å². The Balaban J connectivity index is 1.97. The zero-order valence-electron chi connectivity index (χ0n) is 18.7. The van der Waals surface area contributed by atoms with Gasteiger partial charge in [0.25, 0.3) is 0 Å². The van der Waals surface area contributed by atoms with Crippen LogP contribution in [-0.4, -0.2) is 60.9 Å². The van der Waals surface area contributed by atoms with Gasteiger partial charge in [-0.05, 0) is 63.5 Å². The highest BCUT2D eigenvalue weighted by Gasteiger charge is 2.27. The molecule has 174 valence electrons. The Bertz CT molecular complexity index is 799. The van der Waals surface area contributed by atoms with Crippen LogP contribution in [0, 0.1) is 11.3 Å². The van der Waals surface area contributed by atoms with Gasteiger partial charge in [0, 0.05) is 18.5 Å². The fourth-order valence-electron chi connectivity index (χ4n) is 3.34. The van der Waals surface area contributed by atoms with Crippen LogP contribution in [0.1, 0.15) is 56.3 Å². The highest BCUT2D eigenvalue weighted by atomic mass is 17.2. The van der Waals surface area contributed by atoms with E-state index in [-0.39, 0.29) is 49.5 Å². The van der Waals surface area contributed by atoms with E-state index in [9.17, 15) is 14.4 Å². The summed E-state index contributed by atoms with van der Waals surface area (Å²) in [6, 6.07) is 7.37. The SMILES string of the molecule is CCCC(=O)OOc1ccc(C(=O)C(C)N(CCC#N)C(=O)COC2CCNCC2)cc1. The van der Waals surface area contributed by atoms with Crippen LogP contribution in [0.5, 0.6) is 5.75 Å². The van der Waals surface area contributed by atoms with Crippen molar-refractivity contribution in [3.05, 3.63) is 29.8 Å². The quantitative estimate of drug-likeness (QED) is 0.296. The van der Waals surface area contributed by atoms with E-state index in [1.54, 1.807) is 19.1 Å². The predicted octanol–water partition coefficient (Wildman–Crippen LogP) is 2.41. The molecule has 32 heavy (non-hydrogen) atoms. The molecule has 1 unspecified atom stereocenters. The van der Waals surface area contributed by atoms with Crippen molar-refractivity contribution in [1.82, 2.24) is 10.2 Å². The number of nitrogens with zero attached hydrogens (tertiary/aromatic N) is 2. The van der Waals surface area contributed by atoms with Crippen molar-refractivity contribution in [3.8, 4) is 11.8 Å². The normalized spacial score (nSPS) is 14.8. The van der Waals surface area contributed by atoms with E-state index in [0.717, 1.165) is 25.9 Å². The number of benzene rings is 1. The number of amides is 1. The van der Waals surface area contributed by atoms with Gasteiger partial charge in [-0.2, -0.15) is 5.26 Å². The summed E-state index contributed by atoms with van der Waals surface area (Å²) < 4.78 is 5.74. The van der Waals surface area contributed by atoms with E-state index in [1.807, 2.05) is 13.0 Å². The zero-order valence-corrected chi connectivity index (χ0v) is 18.7. The molecule has 0 bridgehead atoms. The molecule has 0 saturated carbocycles. The first-order valence-corrected chi connectivity index (χ1v) is 11.0. The number of carbonyl (C=O) groups is 3. The number of rotatable bonds is 12. The Labute approximate surface area is 188 Å². The minimum atomic E-state index is -0.762. The standard InChI is InChI=1S/C23H31N3O6/c1-3-5-22(28)32-31-20-8-6-18(7-9-20)23(29)17(2)26(15-4-12-24)21(27)16-30-19-10-13-25-14-11-19/h6-9,17,19,25H,3-5,10-11,13-16H2,1-2H3. The van der Waals surface area contributed by atoms with Crippen LogP contribution in [0.15, 0.2) is 24.3 Å². The molecule has 1 fully saturated rings. The average molecular weight is 446 g/mol. The topological polar surface area (TPSA) is 118 Å². The largest absolute Gasteiger partial charge is 0.368 e. The summed E-state index contributed by atoms with van der Waals surface area (Å²) in [5, 5.41) is 12.2.